The molecule has 0 unspecified atom stereocenters. The van der Waals surface area contributed by atoms with E-state index in [1.807, 2.05) is 30.5 Å². The van der Waals surface area contributed by atoms with Gasteiger partial charge in [0.1, 0.15) is 11.4 Å². The smallest absolute Gasteiger partial charge is 0.261 e. The maximum atomic E-state index is 13.0. The van der Waals surface area contributed by atoms with Gasteiger partial charge in [-0.3, -0.25) is 9.59 Å². The molecule has 4 nitrogen and oxygen atoms in total. The number of hydrogen-bond donors (Lipinski definition) is 1. The minimum atomic E-state index is -0.503. The van der Waals surface area contributed by atoms with Crippen LogP contribution in [0.15, 0.2) is 53.5 Å². The largest absolute Gasteiger partial charge is 0.347 e. The summed E-state index contributed by atoms with van der Waals surface area (Å²) in [7, 11) is 0. The summed E-state index contributed by atoms with van der Waals surface area (Å²) in [5.41, 5.74) is 1.95. The van der Waals surface area contributed by atoms with Crippen LogP contribution in [0, 0.1) is 12.7 Å². The van der Waals surface area contributed by atoms with Gasteiger partial charge in [-0.05, 0) is 50.2 Å². The molecule has 0 bridgehead atoms. The van der Waals surface area contributed by atoms with E-state index in [9.17, 15) is 14.0 Å². The lowest BCUT2D eigenvalue weighted by Gasteiger charge is -2.12. The molecule has 0 radical (unpaired) electrons. The monoisotopic (exact) mass is 324 g/mol. The van der Waals surface area contributed by atoms with Crippen LogP contribution in [-0.2, 0) is 6.54 Å². The predicted molar refractivity (Wildman–Crippen MR) is 93.0 cm³/mol. The molecule has 5 heteroatoms. The Bertz CT molecular complexity index is 975. The van der Waals surface area contributed by atoms with E-state index in [-0.39, 0.29) is 16.8 Å². The first-order valence-corrected chi connectivity index (χ1v) is 7.70. The SMILES string of the molecule is CCn1cc(C(=O)Nc2ccc(F)cc2)c(=O)c2cc(C)ccc21. The molecule has 0 saturated heterocycles. The van der Waals surface area contributed by atoms with Gasteiger partial charge in [0.2, 0.25) is 5.43 Å². The molecule has 1 amide bonds. The summed E-state index contributed by atoms with van der Waals surface area (Å²) in [6.45, 7) is 4.49. The minimum absolute atomic E-state index is 0.0688. The van der Waals surface area contributed by atoms with E-state index in [4.69, 9.17) is 0 Å². The average molecular weight is 324 g/mol. The van der Waals surface area contributed by atoms with Gasteiger partial charge in [-0.1, -0.05) is 11.6 Å². The molecule has 1 heterocycles. The Labute approximate surface area is 138 Å². The summed E-state index contributed by atoms with van der Waals surface area (Å²) < 4.78 is 14.8. The van der Waals surface area contributed by atoms with Crippen molar-refractivity contribution in [3.05, 3.63) is 75.8 Å². The number of carbonyl (C=O) groups is 1. The highest BCUT2D eigenvalue weighted by atomic mass is 19.1. The third kappa shape index (κ3) is 2.93. The van der Waals surface area contributed by atoms with Crippen LogP contribution in [0.2, 0.25) is 0 Å². The number of aryl methyl sites for hydroxylation is 2. The maximum absolute atomic E-state index is 13.0. The van der Waals surface area contributed by atoms with Gasteiger partial charge in [0.05, 0.1) is 5.52 Å². The molecule has 0 atom stereocenters. The first-order chi connectivity index (χ1) is 11.5. The zero-order valence-corrected chi connectivity index (χ0v) is 13.5. The van der Waals surface area contributed by atoms with Gasteiger partial charge in [0, 0.05) is 23.8 Å². The van der Waals surface area contributed by atoms with Crippen molar-refractivity contribution < 1.29 is 9.18 Å². The fraction of sp³-hybridized carbons (Fsp3) is 0.158. The van der Waals surface area contributed by atoms with E-state index in [1.54, 1.807) is 12.3 Å². The van der Waals surface area contributed by atoms with Crippen molar-refractivity contribution >= 4 is 22.5 Å². The lowest BCUT2D eigenvalue weighted by molar-refractivity contribution is 0.102. The van der Waals surface area contributed by atoms with Crippen LogP contribution in [0.1, 0.15) is 22.8 Å². The van der Waals surface area contributed by atoms with Crippen LogP contribution < -0.4 is 10.7 Å². The van der Waals surface area contributed by atoms with Crippen LogP contribution >= 0.6 is 0 Å². The number of nitrogens with one attached hydrogen (secondary N) is 1. The molecule has 0 aliphatic heterocycles. The van der Waals surface area contributed by atoms with Crippen molar-refractivity contribution in [1.82, 2.24) is 4.57 Å². The molecule has 3 rings (SSSR count). The third-order valence-electron chi connectivity index (χ3n) is 3.92. The van der Waals surface area contributed by atoms with Crippen LogP contribution in [0.5, 0.6) is 0 Å². The Morgan fingerprint density at radius 3 is 2.54 bits per heavy atom. The van der Waals surface area contributed by atoms with Crippen LogP contribution in [0.4, 0.5) is 10.1 Å². The fourth-order valence-electron chi connectivity index (χ4n) is 2.67. The lowest BCUT2D eigenvalue weighted by atomic mass is 10.1. The molecule has 0 fully saturated rings. The van der Waals surface area contributed by atoms with E-state index in [2.05, 4.69) is 5.32 Å². The molecular weight excluding hydrogens is 307 g/mol. The maximum Gasteiger partial charge on any atom is 0.261 e. The molecular formula is C19H17FN2O2. The quantitative estimate of drug-likeness (QED) is 0.798. The zero-order chi connectivity index (χ0) is 17.3. The molecule has 0 saturated carbocycles. The van der Waals surface area contributed by atoms with Crippen molar-refractivity contribution in [2.45, 2.75) is 20.4 Å². The number of rotatable bonds is 3. The molecule has 2 aromatic carbocycles. The Morgan fingerprint density at radius 1 is 1.17 bits per heavy atom. The van der Waals surface area contributed by atoms with Gasteiger partial charge < -0.3 is 9.88 Å². The first-order valence-electron chi connectivity index (χ1n) is 7.70. The number of aromatic nitrogens is 1. The van der Waals surface area contributed by atoms with Crippen molar-refractivity contribution in [2.24, 2.45) is 0 Å². The third-order valence-corrected chi connectivity index (χ3v) is 3.92. The number of nitrogens with zero attached hydrogens (tertiary/aromatic N) is 1. The zero-order valence-electron chi connectivity index (χ0n) is 13.5. The number of fused-ring (bicyclic) bond motifs is 1. The number of amides is 1. The fourth-order valence-corrected chi connectivity index (χ4v) is 2.67. The summed E-state index contributed by atoms with van der Waals surface area (Å²) in [6, 6.07) is 11.0. The summed E-state index contributed by atoms with van der Waals surface area (Å²) in [5, 5.41) is 3.16. The number of pyridine rings is 1. The second kappa shape index (κ2) is 6.28. The highest BCUT2D eigenvalue weighted by Gasteiger charge is 2.15. The van der Waals surface area contributed by atoms with E-state index >= 15 is 0 Å². The molecule has 1 aromatic heterocycles. The van der Waals surface area contributed by atoms with E-state index in [1.165, 1.54) is 24.3 Å². The Kier molecular flexibility index (Phi) is 4.16. The summed E-state index contributed by atoms with van der Waals surface area (Å²) in [5.74, 6) is -0.889. The van der Waals surface area contributed by atoms with Gasteiger partial charge in [-0.2, -0.15) is 0 Å². The standard InChI is InChI=1S/C19H17FN2O2/c1-3-22-11-16(18(23)15-10-12(2)4-9-17(15)22)19(24)21-14-7-5-13(20)6-8-14/h4-11H,3H2,1-2H3,(H,21,24). The summed E-state index contributed by atoms with van der Waals surface area (Å²) in [6.07, 6.45) is 1.57. The van der Waals surface area contributed by atoms with Crippen molar-refractivity contribution in [3.8, 4) is 0 Å². The Balaban J connectivity index is 2.08. The van der Waals surface area contributed by atoms with E-state index < -0.39 is 5.91 Å². The number of carbonyl (C=O) groups excluding carboxylic acids is 1. The molecule has 3 aromatic rings. The van der Waals surface area contributed by atoms with Crippen LogP contribution in [0.3, 0.4) is 0 Å². The van der Waals surface area contributed by atoms with E-state index in [0.717, 1.165) is 11.1 Å². The topological polar surface area (TPSA) is 51.1 Å². The molecule has 24 heavy (non-hydrogen) atoms. The van der Waals surface area contributed by atoms with Crippen LogP contribution in [0.25, 0.3) is 10.9 Å². The molecule has 122 valence electrons. The molecule has 1 N–H and O–H groups in total. The van der Waals surface area contributed by atoms with Crippen molar-refractivity contribution in [1.29, 1.82) is 0 Å². The highest BCUT2D eigenvalue weighted by molar-refractivity contribution is 6.05. The average Bonchev–Trinajstić information content (AvgIpc) is 2.57. The predicted octanol–water partition coefficient (Wildman–Crippen LogP) is 3.72. The first kappa shape index (κ1) is 15.9. The van der Waals surface area contributed by atoms with Gasteiger partial charge in [0.25, 0.3) is 5.91 Å². The molecule has 0 spiro atoms. The van der Waals surface area contributed by atoms with Gasteiger partial charge in [-0.15, -0.1) is 0 Å². The number of hydrogen-bond acceptors (Lipinski definition) is 2. The summed E-state index contributed by atoms with van der Waals surface area (Å²) in [4.78, 5) is 25.2. The van der Waals surface area contributed by atoms with Gasteiger partial charge in [-0.25, -0.2) is 4.39 Å². The molecule has 0 aliphatic rings. The van der Waals surface area contributed by atoms with E-state index in [0.29, 0.717) is 17.6 Å². The van der Waals surface area contributed by atoms with Gasteiger partial charge >= 0.3 is 0 Å². The number of benzene rings is 2. The minimum Gasteiger partial charge on any atom is -0.347 e. The number of anilines is 1. The summed E-state index contributed by atoms with van der Waals surface area (Å²) >= 11 is 0. The lowest BCUT2D eigenvalue weighted by Crippen LogP contribution is -2.24. The normalized spacial score (nSPS) is 10.8. The second-order valence-corrected chi connectivity index (χ2v) is 5.64. The Morgan fingerprint density at radius 2 is 1.88 bits per heavy atom. The van der Waals surface area contributed by atoms with Gasteiger partial charge in [0.15, 0.2) is 0 Å². The molecule has 0 aliphatic carbocycles. The number of halogens is 1. The van der Waals surface area contributed by atoms with Crippen molar-refractivity contribution in [2.75, 3.05) is 5.32 Å². The Hall–Kier alpha value is -2.95. The second-order valence-electron chi connectivity index (χ2n) is 5.64. The highest BCUT2D eigenvalue weighted by Crippen LogP contribution is 2.15. The van der Waals surface area contributed by atoms with Crippen molar-refractivity contribution in [3.63, 3.8) is 0 Å². The van der Waals surface area contributed by atoms with Crippen LogP contribution in [-0.4, -0.2) is 10.5 Å².